The molecular formula is C46H36Cl2F6N2O5. The number of hydrogen-bond acceptors (Lipinski definition) is 6. The van der Waals surface area contributed by atoms with Gasteiger partial charge in [-0.05, 0) is 113 Å². The summed E-state index contributed by atoms with van der Waals surface area (Å²) in [6.07, 6.45) is -8.04. The molecule has 6 rings (SSSR count). The number of ether oxygens (including phenoxy) is 1. The first kappa shape index (κ1) is 44.8. The average molecular weight is 882 g/mol. The minimum Gasteiger partial charge on any atom is -0.478 e. The lowest BCUT2D eigenvalue weighted by molar-refractivity contribution is -0.274. The van der Waals surface area contributed by atoms with Crippen molar-refractivity contribution in [3.63, 3.8) is 0 Å². The Morgan fingerprint density at radius 1 is 0.607 bits per heavy atom. The third kappa shape index (κ3) is 8.59. The van der Waals surface area contributed by atoms with Crippen LogP contribution >= 0.6 is 23.2 Å². The molecule has 0 radical (unpaired) electrons. The summed E-state index contributed by atoms with van der Waals surface area (Å²) >= 11 is 13.3. The van der Waals surface area contributed by atoms with Crippen molar-refractivity contribution >= 4 is 35.1 Å². The van der Waals surface area contributed by atoms with Crippen LogP contribution in [0.5, 0.6) is 0 Å². The second-order valence-corrected chi connectivity index (χ2v) is 15.5. The van der Waals surface area contributed by atoms with Gasteiger partial charge in [0.25, 0.3) is 0 Å². The molecule has 0 bridgehead atoms. The molecule has 0 aliphatic carbocycles. The van der Waals surface area contributed by atoms with E-state index in [-0.39, 0.29) is 49.3 Å². The van der Waals surface area contributed by atoms with Crippen LogP contribution in [-0.4, -0.2) is 44.5 Å². The number of carboxylic acids is 1. The molecule has 4 aromatic carbocycles. The Balaban J connectivity index is 1.37. The number of rotatable bonds is 11. The van der Waals surface area contributed by atoms with Crippen LogP contribution in [0.1, 0.15) is 80.0 Å². The van der Waals surface area contributed by atoms with Crippen molar-refractivity contribution < 1.29 is 50.9 Å². The standard InChI is InChI=1S/C46H36Cl2F6N2O5/c1-25-20-35(16-18-55-25)43(60,45(49,50)51)27(3)37-14-13-33(24-39(37)47)31-6-5-7-34(22-31)42(59)61-44(46(52,53)54,36-17-19-56-26(2)21-36)28(4)38-15-12-32(23-40(38)48)29-8-10-30(11-9-29)41(57)58/h5-24,27-28,60H,1-4H3,(H,57,58). The summed E-state index contributed by atoms with van der Waals surface area (Å²) in [4.78, 5) is 33.4. The molecule has 2 heterocycles. The van der Waals surface area contributed by atoms with Crippen LogP contribution in [0.2, 0.25) is 10.0 Å². The minimum atomic E-state index is -5.24. The number of aromatic nitrogens is 2. The van der Waals surface area contributed by atoms with E-state index < -0.39 is 58.5 Å². The second-order valence-electron chi connectivity index (χ2n) is 14.6. The summed E-state index contributed by atoms with van der Waals surface area (Å²) in [6, 6.07) is 24.2. The highest BCUT2D eigenvalue weighted by Crippen LogP contribution is 2.54. The Hall–Kier alpha value is -5.76. The molecular weight excluding hydrogens is 845 g/mol. The Labute approximate surface area is 356 Å². The second kappa shape index (κ2) is 16.9. The van der Waals surface area contributed by atoms with Gasteiger partial charge in [0, 0.05) is 51.2 Å². The highest BCUT2D eigenvalue weighted by molar-refractivity contribution is 6.32. The van der Waals surface area contributed by atoms with E-state index in [1.807, 2.05) is 0 Å². The molecule has 2 N–H and O–H groups in total. The third-order valence-electron chi connectivity index (χ3n) is 10.8. The molecule has 0 aliphatic heterocycles. The van der Waals surface area contributed by atoms with Gasteiger partial charge in [-0.3, -0.25) is 9.97 Å². The normalized spacial score (nSPS) is 15.0. The number of carbonyl (C=O) groups is 2. The van der Waals surface area contributed by atoms with Crippen LogP contribution in [0.15, 0.2) is 122 Å². The van der Waals surface area contributed by atoms with Crippen molar-refractivity contribution in [3.05, 3.63) is 176 Å². The van der Waals surface area contributed by atoms with E-state index in [1.165, 1.54) is 125 Å². The van der Waals surface area contributed by atoms with Gasteiger partial charge in [-0.25, -0.2) is 9.59 Å². The van der Waals surface area contributed by atoms with Crippen molar-refractivity contribution in [1.82, 2.24) is 9.97 Å². The van der Waals surface area contributed by atoms with Crippen LogP contribution in [0.25, 0.3) is 22.3 Å². The smallest absolute Gasteiger partial charge is 0.433 e. The SMILES string of the molecule is Cc1cc(C(O)(C(C)c2ccc(-c3cccc(C(=O)OC(c4ccnc(C)c4)(C(C)c4ccc(-c5ccc(C(=O)O)cc5)cc4Cl)C(F)(F)F)c3)cc2Cl)C(F)(F)F)ccn1. The van der Waals surface area contributed by atoms with Gasteiger partial charge in [-0.1, -0.05) is 85.6 Å². The Kier molecular flexibility index (Phi) is 12.4. The maximum Gasteiger partial charge on any atom is 0.433 e. The largest absolute Gasteiger partial charge is 0.478 e. The predicted octanol–water partition coefficient (Wildman–Crippen LogP) is 12.4. The van der Waals surface area contributed by atoms with Crippen LogP contribution in [0.3, 0.4) is 0 Å². The van der Waals surface area contributed by atoms with Crippen molar-refractivity contribution in [2.45, 2.75) is 63.1 Å². The maximum atomic E-state index is 15.9. The van der Waals surface area contributed by atoms with Gasteiger partial charge in [-0.15, -0.1) is 0 Å². The quantitative estimate of drug-likeness (QED) is 0.0985. The van der Waals surface area contributed by atoms with Gasteiger partial charge in [-0.2, -0.15) is 26.3 Å². The topological polar surface area (TPSA) is 110 Å². The van der Waals surface area contributed by atoms with Crippen molar-refractivity contribution in [2.24, 2.45) is 0 Å². The van der Waals surface area contributed by atoms with E-state index in [4.69, 9.17) is 27.9 Å². The summed E-state index contributed by atoms with van der Waals surface area (Å²) in [7, 11) is 0. The Morgan fingerprint density at radius 3 is 1.61 bits per heavy atom. The first-order chi connectivity index (χ1) is 28.6. The molecule has 2 aromatic heterocycles. The van der Waals surface area contributed by atoms with E-state index in [0.29, 0.717) is 16.7 Å². The summed E-state index contributed by atoms with van der Waals surface area (Å²) < 4.78 is 97.1. The maximum absolute atomic E-state index is 15.9. The van der Waals surface area contributed by atoms with Crippen LogP contribution in [0.4, 0.5) is 26.3 Å². The lowest BCUT2D eigenvalue weighted by Gasteiger charge is -2.40. The zero-order valence-corrected chi connectivity index (χ0v) is 34.3. The highest BCUT2D eigenvalue weighted by atomic mass is 35.5. The molecule has 7 nitrogen and oxygen atoms in total. The fourth-order valence-corrected chi connectivity index (χ4v) is 8.17. The fraction of sp³-hybridized carbons (Fsp3) is 0.217. The van der Waals surface area contributed by atoms with E-state index in [2.05, 4.69) is 9.97 Å². The van der Waals surface area contributed by atoms with Gasteiger partial charge in [0.2, 0.25) is 5.60 Å². The van der Waals surface area contributed by atoms with Gasteiger partial charge < -0.3 is 14.9 Å². The molecule has 0 aliphatic rings. The molecule has 0 amide bonds. The number of aromatic carboxylic acids is 1. The first-order valence-corrected chi connectivity index (χ1v) is 19.3. The Bertz CT molecular complexity index is 2620. The number of nitrogens with zero attached hydrogens (tertiary/aromatic N) is 2. The molecule has 316 valence electrons. The average Bonchev–Trinajstić information content (AvgIpc) is 3.21. The van der Waals surface area contributed by atoms with E-state index in [0.717, 1.165) is 24.4 Å². The van der Waals surface area contributed by atoms with Crippen molar-refractivity contribution in [3.8, 4) is 22.3 Å². The highest BCUT2D eigenvalue weighted by Gasteiger charge is 2.64. The number of aliphatic hydroxyl groups is 1. The monoisotopic (exact) mass is 880 g/mol. The molecule has 4 unspecified atom stereocenters. The number of pyridine rings is 2. The molecule has 61 heavy (non-hydrogen) atoms. The van der Waals surface area contributed by atoms with Crippen LogP contribution in [0, 0.1) is 13.8 Å². The molecule has 15 heteroatoms. The lowest BCUT2D eigenvalue weighted by atomic mass is 9.77. The number of halogens is 8. The number of carboxylic acid groups (broad SMARTS) is 1. The molecule has 0 saturated carbocycles. The zero-order valence-electron chi connectivity index (χ0n) is 32.7. The van der Waals surface area contributed by atoms with Gasteiger partial charge in [0.15, 0.2) is 5.60 Å². The summed E-state index contributed by atoms with van der Waals surface area (Å²) in [5, 5.41) is 20.3. The summed E-state index contributed by atoms with van der Waals surface area (Å²) in [6.45, 7) is 5.39. The molecule has 0 saturated heterocycles. The minimum absolute atomic E-state index is 0.0126. The van der Waals surface area contributed by atoms with E-state index in [1.54, 1.807) is 0 Å². The predicted molar refractivity (Wildman–Crippen MR) is 219 cm³/mol. The summed E-state index contributed by atoms with van der Waals surface area (Å²) in [5.74, 6) is -5.75. The zero-order chi connectivity index (χ0) is 44.7. The number of aryl methyl sites for hydroxylation is 2. The summed E-state index contributed by atoms with van der Waals surface area (Å²) in [5.41, 5.74) is -5.76. The van der Waals surface area contributed by atoms with Gasteiger partial charge in [0.1, 0.15) is 0 Å². The van der Waals surface area contributed by atoms with Gasteiger partial charge in [0.05, 0.1) is 11.1 Å². The van der Waals surface area contributed by atoms with Crippen molar-refractivity contribution in [2.75, 3.05) is 0 Å². The number of benzene rings is 4. The van der Waals surface area contributed by atoms with E-state index >= 15 is 13.2 Å². The van der Waals surface area contributed by atoms with Gasteiger partial charge >= 0.3 is 24.3 Å². The molecule has 0 fully saturated rings. The number of esters is 1. The Morgan fingerprint density at radius 2 is 1.10 bits per heavy atom. The van der Waals surface area contributed by atoms with Crippen LogP contribution in [-0.2, 0) is 15.9 Å². The lowest BCUT2D eigenvalue weighted by Crippen LogP contribution is -2.50. The van der Waals surface area contributed by atoms with Crippen molar-refractivity contribution in [1.29, 1.82) is 0 Å². The molecule has 0 spiro atoms. The third-order valence-corrected chi connectivity index (χ3v) is 11.5. The number of hydrogen-bond donors (Lipinski definition) is 2. The number of alkyl halides is 6. The first-order valence-electron chi connectivity index (χ1n) is 18.6. The molecule has 4 atom stereocenters. The van der Waals surface area contributed by atoms with E-state index in [9.17, 15) is 33.0 Å². The number of carbonyl (C=O) groups excluding carboxylic acids is 1. The van der Waals surface area contributed by atoms with Crippen LogP contribution < -0.4 is 0 Å². The molecule has 6 aromatic rings. The fourth-order valence-electron chi connectivity index (χ4n) is 7.48.